The fourth-order valence-corrected chi connectivity index (χ4v) is 6.76. The molecule has 1 aliphatic heterocycles. The predicted molar refractivity (Wildman–Crippen MR) is 157 cm³/mol. The fraction of sp³-hybridized carbons (Fsp3) is 0.0588. The zero-order chi connectivity index (χ0) is 27.2. The van der Waals surface area contributed by atoms with Gasteiger partial charge in [0.2, 0.25) is 0 Å². The molecule has 1 nitrogen and oxygen atoms in total. The molecule has 0 spiro atoms. The van der Waals surface area contributed by atoms with Gasteiger partial charge in [-0.05, 0) is 59.7 Å². The van der Waals surface area contributed by atoms with E-state index in [1.165, 1.54) is 36.4 Å². The fourth-order valence-electron chi connectivity index (χ4n) is 6.76. The van der Waals surface area contributed by atoms with Gasteiger partial charge in [0.05, 0.1) is 5.69 Å². The van der Waals surface area contributed by atoms with Crippen molar-refractivity contribution in [1.29, 1.82) is 0 Å². The highest BCUT2D eigenvalue weighted by molar-refractivity contribution is 7.16. The molecule has 0 unspecified atom stereocenters. The van der Waals surface area contributed by atoms with Crippen molar-refractivity contribution in [3.8, 4) is 0 Å². The maximum absolute atomic E-state index is 14.4. The van der Waals surface area contributed by atoms with Crippen LogP contribution in [0.4, 0.5) is 18.9 Å². The van der Waals surface area contributed by atoms with E-state index in [-0.39, 0.29) is 17.5 Å². The van der Waals surface area contributed by atoms with Crippen molar-refractivity contribution in [2.24, 2.45) is 0 Å². The lowest BCUT2D eigenvalue weighted by Crippen LogP contribution is -2.80. The van der Waals surface area contributed by atoms with Crippen molar-refractivity contribution in [3.63, 3.8) is 0 Å². The molecule has 0 bridgehead atoms. The largest absolute Gasteiger partial charge is 0.474 e. The SMILES string of the molecule is C[N+]1(C)c2ccccc2C(c2ccccc2)=C(c2ccc(F)cc2)[B-]1(c1ccc(F)cc1)c1ccc(F)cc1. The Morgan fingerprint density at radius 3 is 1.49 bits per heavy atom. The highest BCUT2D eigenvalue weighted by Gasteiger charge is 2.53. The third-order valence-electron chi connectivity index (χ3n) is 8.37. The molecule has 0 saturated heterocycles. The summed E-state index contributed by atoms with van der Waals surface area (Å²) in [5.74, 6) is -0.992. The topological polar surface area (TPSA) is 0 Å². The van der Waals surface area contributed by atoms with Gasteiger partial charge in [0, 0.05) is 19.7 Å². The molecule has 0 radical (unpaired) electrons. The van der Waals surface area contributed by atoms with E-state index in [4.69, 9.17) is 0 Å². The normalized spacial score (nSPS) is 15.6. The molecule has 0 atom stereocenters. The summed E-state index contributed by atoms with van der Waals surface area (Å²) in [5, 5.41) is 0. The summed E-state index contributed by atoms with van der Waals surface area (Å²) in [4.78, 5) is 0. The van der Waals surface area contributed by atoms with Gasteiger partial charge in [-0.2, -0.15) is 0 Å². The Hall–Kier alpha value is -4.35. The van der Waals surface area contributed by atoms with Crippen molar-refractivity contribution in [2.75, 3.05) is 14.1 Å². The molecule has 5 aromatic carbocycles. The van der Waals surface area contributed by atoms with Crippen molar-refractivity contribution in [3.05, 3.63) is 162 Å². The van der Waals surface area contributed by atoms with E-state index in [2.05, 4.69) is 38.4 Å². The van der Waals surface area contributed by atoms with Crippen LogP contribution in [0.15, 0.2) is 127 Å². The number of fused-ring (bicyclic) bond motifs is 1. The molecule has 6 rings (SSSR count). The molecule has 5 heteroatoms. The van der Waals surface area contributed by atoms with Crippen LogP contribution in [0.2, 0.25) is 0 Å². The molecule has 0 saturated carbocycles. The molecule has 5 aromatic rings. The minimum Gasteiger partial charge on any atom is -0.474 e. The van der Waals surface area contributed by atoms with Gasteiger partial charge in [0.1, 0.15) is 17.5 Å². The average Bonchev–Trinajstić information content (AvgIpc) is 2.95. The number of para-hydroxylation sites is 1. The maximum Gasteiger partial charge on any atom is 0.296 e. The first-order valence-corrected chi connectivity index (χ1v) is 13.0. The molecule has 0 N–H and O–H groups in total. The van der Waals surface area contributed by atoms with Gasteiger partial charge in [-0.1, -0.05) is 84.4 Å². The molecule has 1 aliphatic rings. The minimum absolute atomic E-state index is 0.327. The monoisotopic (exact) mass is 517 g/mol. The second-order valence-electron chi connectivity index (χ2n) is 10.6. The van der Waals surface area contributed by atoms with E-state index in [0.29, 0.717) is 4.39 Å². The summed E-state index contributed by atoms with van der Waals surface area (Å²) in [6.45, 7) is 0. The zero-order valence-electron chi connectivity index (χ0n) is 21.8. The molecule has 39 heavy (non-hydrogen) atoms. The predicted octanol–water partition coefficient (Wildman–Crippen LogP) is 6.94. The molecule has 0 amide bonds. The molecular formula is C34H27BF3N. The minimum atomic E-state index is -1.98. The van der Waals surface area contributed by atoms with Gasteiger partial charge in [0.25, 0.3) is 6.28 Å². The Morgan fingerprint density at radius 1 is 0.487 bits per heavy atom. The Morgan fingerprint density at radius 2 is 0.949 bits per heavy atom. The first kappa shape index (κ1) is 25.0. The van der Waals surface area contributed by atoms with Gasteiger partial charge in [0.15, 0.2) is 0 Å². The molecule has 0 fully saturated rings. The number of hydrogen-bond donors (Lipinski definition) is 0. The Balaban J connectivity index is 1.89. The molecule has 1 heterocycles. The van der Waals surface area contributed by atoms with E-state index in [9.17, 15) is 13.2 Å². The lowest BCUT2D eigenvalue weighted by Gasteiger charge is -2.61. The van der Waals surface area contributed by atoms with Gasteiger partial charge in [-0.25, -0.2) is 13.2 Å². The van der Waals surface area contributed by atoms with Crippen LogP contribution < -0.4 is 15.3 Å². The summed E-state index contributed by atoms with van der Waals surface area (Å²) in [7, 11) is 4.30. The van der Waals surface area contributed by atoms with E-state index in [1.807, 2.05) is 66.7 Å². The highest BCUT2D eigenvalue weighted by atomic mass is 19.1. The van der Waals surface area contributed by atoms with E-state index < -0.39 is 6.28 Å². The second-order valence-corrected chi connectivity index (χ2v) is 10.6. The van der Waals surface area contributed by atoms with Crippen molar-refractivity contribution >= 4 is 33.9 Å². The molecule has 0 aliphatic carbocycles. The average molecular weight is 517 g/mol. The third kappa shape index (κ3) is 3.84. The number of halogens is 3. The van der Waals surface area contributed by atoms with Crippen molar-refractivity contribution < 1.29 is 13.2 Å². The van der Waals surface area contributed by atoms with Crippen molar-refractivity contribution in [1.82, 2.24) is 4.39 Å². The zero-order valence-corrected chi connectivity index (χ0v) is 21.8. The Kier molecular flexibility index (Phi) is 6.04. The van der Waals surface area contributed by atoms with E-state index in [0.717, 1.165) is 44.3 Å². The first-order chi connectivity index (χ1) is 18.8. The number of hydrogen-bond acceptors (Lipinski definition) is 0. The quantitative estimate of drug-likeness (QED) is 0.227. The number of rotatable bonds is 4. The van der Waals surface area contributed by atoms with Crippen LogP contribution in [0, 0.1) is 17.5 Å². The summed E-state index contributed by atoms with van der Waals surface area (Å²) < 4.78 is 43.4. The molecular weight excluding hydrogens is 490 g/mol. The van der Waals surface area contributed by atoms with E-state index in [1.54, 1.807) is 0 Å². The van der Waals surface area contributed by atoms with Crippen LogP contribution >= 0.6 is 0 Å². The molecule has 192 valence electrons. The molecule has 0 aromatic heterocycles. The second kappa shape index (κ2) is 9.44. The van der Waals surface area contributed by atoms with Crippen LogP contribution in [0.5, 0.6) is 0 Å². The third-order valence-corrected chi connectivity index (χ3v) is 8.37. The van der Waals surface area contributed by atoms with Gasteiger partial charge < -0.3 is 4.39 Å². The van der Waals surface area contributed by atoms with Gasteiger partial charge >= 0.3 is 0 Å². The lowest BCUT2D eigenvalue weighted by molar-refractivity contribution is 0.608. The van der Waals surface area contributed by atoms with Crippen LogP contribution in [0.25, 0.3) is 11.0 Å². The first-order valence-electron chi connectivity index (χ1n) is 13.0. The van der Waals surface area contributed by atoms with Crippen LogP contribution in [-0.4, -0.2) is 20.4 Å². The standard InChI is InChI=1S/C34H27BF3N/c1-39(2)32-11-7-6-10-31(32)33(24-8-4-3-5-9-24)34(25-12-18-28(36)19-13-25)35(39,26-14-20-29(37)21-15-26)27-16-22-30(38)23-17-27/h3-23H,1-2H3. The number of nitrogens with zero attached hydrogens (tertiary/aromatic N) is 1. The van der Waals surface area contributed by atoms with Gasteiger partial charge in [-0.15, -0.1) is 16.4 Å². The Labute approximate surface area is 227 Å². The smallest absolute Gasteiger partial charge is 0.296 e. The highest BCUT2D eigenvalue weighted by Crippen LogP contribution is 2.50. The number of benzene rings is 5. The van der Waals surface area contributed by atoms with Crippen LogP contribution in [-0.2, 0) is 0 Å². The summed E-state index contributed by atoms with van der Waals surface area (Å²) >= 11 is 0. The summed E-state index contributed by atoms with van der Waals surface area (Å²) in [6, 6.07) is 38.3. The maximum atomic E-state index is 14.4. The van der Waals surface area contributed by atoms with E-state index >= 15 is 0 Å². The number of quaternary nitrogens is 1. The van der Waals surface area contributed by atoms with Crippen molar-refractivity contribution in [2.45, 2.75) is 0 Å². The van der Waals surface area contributed by atoms with Crippen LogP contribution in [0.1, 0.15) is 16.7 Å². The summed E-state index contributed by atoms with van der Waals surface area (Å²) in [5.41, 5.74) is 7.81. The van der Waals surface area contributed by atoms with Crippen LogP contribution in [0.3, 0.4) is 0 Å². The van der Waals surface area contributed by atoms with Gasteiger partial charge in [-0.3, -0.25) is 0 Å². The summed E-state index contributed by atoms with van der Waals surface area (Å²) in [6.07, 6.45) is -1.98. The lowest BCUT2D eigenvalue weighted by atomic mass is 9.19. The Bertz CT molecular complexity index is 1630.